The van der Waals surface area contributed by atoms with Crippen molar-refractivity contribution >= 4 is 22.5 Å². The summed E-state index contributed by atoms with van der Waals surface area (Å²) in [6, 6.07) is 7.95. The molecule has 1 atom stereocenters. The van der Waals surface area contributed by atoms with E-state index in [-0.39, 0.29) is 0 Å². The van der Waals surface area contributed by atoms with Gasteiger partial charge in [0.25, 0.3) is 0 Å². The van der Waals surface area contributed by atoms with E-state index < -0.39 is 22.6 Å². The average Bonchev–Trinajstić information content (AvgIpc) is 2.65. The van der Waals surface area contributed by atoms with Crippen molar-refractivity contribution < 1.29 is 13.2 Å². The van der Waals surface area contributed by atoms with E-state index in [1.54, 1.807) is 23.6 Å². The molecule has 0 bridgehead atoms. The van der Waals surface area contributed by atoms with Gasteiger partial charge in [0.1, 0.15) is 0 Å². The summed E-state index contributed by atoms with van der Waals surface area (Å²) in [7, 11) is -1.06. The van der Waals surface area contributed by atoms with Crippen molar-refractivity contribution in [2.24, 2.45) is 0 Å². The van der Waals surface area contributed by atoms with Gasteiger partial charge in [0.05, 0.1) is 5.57 Å². The van der Waals surface area contributed by atoms with Crippen LogP contribution in [0.15, 0.2) is 45.6 Å². The molecule has 1 radical (unpaired) electrons. The molecule has 0 aliphatic carbocycles. The highest BCUT2D eigenvalue weighted by atomic mass is 35.5. The molecule has 0 aromatic heterocycles. The van der Waals surface area contributed by atoms with Gasteiger partial charge in [-0.3, -0.25) is 0 Å². The summed E-state index contributed by atoms with van der Waals surface area (Å²) in [4.78, 5) is 0.706. The first-order valence-corrected chi connectivity index (χ1v) is 6.26. The van der Waals surface area contributed by atoms with Gasteiger partial charge in [0.15, 0.2) is 0 Å². The third kappa shape index (κ3) is 2.44. The molecule has 1 unspecified atom stereocenters. The van der Waals surface area contributed by atoms with Crippen molar-refractivity contribution in [1.82, 2.24) is 0 Å². The Hall–Kier alpha value is -0.870. The lowest BCUT2D eigenvalue weighted by Crippen LogP contribution is -2.08. The van der Waals surface area contributed by atoms with E-state index >= 15 is 0 Å². The van der Waals surface area contributed by atoms with Gasteiger partial charge in [-0.05, 0) is 29.0 Å². The van der Waals surface area contributed by atoms with Crippen molar-refractivity contribution in [2.45, 2.75) is 11.1 Å². The largest absolute Gasteiger partial charge is 0.416 e. The van der Waals surface area contributed by atoms with Crippen molar-refractivity contribution in [2.75, 3.05) is 0 Å². The molecule has 2 rings (SSSR count). The molecule has 0 saturated carbocycles. The Morgan fingerprint density at radius 1 is 1.25 bits per heavy atom. The Balaban J connectivity index is 2.28. The van der Waals surface area contributed by atoms with Gasteiger partial charge < -0.3 is 0 Å². The van der Waals surface area contributed by atoms with E-state index in [1.165, 1.54) is 5.41 Å². The van der Waals surface area contributed by atoms with Crippen LogP contribution in [-0.2, 0) is 0 Å². The van der Waals surface area contributed by atoms with E-state index in [0.29, 0.717) is 9.92 Å². The maximum absolute atomic E-state index is 12.4. The number of allylic oxidation sites excluding steroid dienone is 2. The number of alkyl halides is 3. The first-order chi connectivity index (χ1) is 7.47. The summed E-state index contributed by atoms with van der Waals surface area (Å²) in [5, 5.41) is 3.21. The van der Waals surface area contributed by atoms with Crippen LogP contribution in [0.3, 0.4) is 0 Å². The second kappa shape index (κ2) is 4.18. The first-order valence-electron chi connectivity index (χ1n) is 4.40. The monoisotopic (exact) mass is 263 g/mol. The third-order valence-corrected chi connectivity index (χ3v) is 4.11. The fraction of sp³-hybridized carbons (Fsp3) is 0.0909. The van der Waals surface area contributed by atoms with Gasteiger partial charge in [-0.25, -0.2) is 0 Å². The molecule has 1 aromatic rings. The van der Waals surface area contributed by atoms with Crippen molar-refractivity contribution in [1.29, 1.82) is 0 Å². The highest BCUT2D eigenvalue weighted by Crippen LogP contribution is 2.47. The molecule has 0 spiro atoms. The zero-order chi connectivity index (χ0) is 11.8. The molecule has 85 valence electrons. The minimum absolute atomic E-state index is 0.419. The zero-order valence-corrected chi connectivity index (χ0v) is 9.57. The van der Waals surface area contributed by atoms with E-state index in [2.05, 4.69) is 6.07 Å². The van der Waals surface area contributed by atoms with Gasteiger partial charge in [-0.1, -0.05) is 17.7 Å². The Morgan fingerprint density at radius 3 is 2.56 bits per heavy atom. The van der Waals surface area contributed by atoms with E-state index in [0.717, 1.165) is 6.08 Å². The van der Waals surface area contributed by atoms with Crippen LogP contribution in [0.1, 0.15) is 0 Å². The smallest absolute Gasteiger partial charge is 0.185 e. The topological polar surface area (TPSA) is 0 Å². The predicted molar refractivity (Wildman–Crippen MR) is 60.8 cm³/mol. The molecule has 16 heavy (non-hydrogen) atoms. The molecule has 1 heterocycles. The summed E-state index contributed by atoms with van der Waals surface area (Å²) in [5.41, 5.74) is -0.591. The number of rotatable bonds is 1. The molecule has 0 amide bonds. The predicted octanol–water partition coefficient (Wildman–Crippen LogP) is 4.47. The lowest BCUT2D eigenvalue weighted by molar-refractivity contribution is -0.0878. The van der Waals surface area contributed by atoms with E-state index in [9.17, 15) is 13.2 Å². The standard InChI is InChI=1S/C11H7ClF3S/c12-9-2-1-3-10(6-9)16-5-4-8(7-16)11(13,14)15/h1-5,7,16H. The van der Waals surface area contributed by atoms with Crippen molar-refractivity contribution in [3.63, 3.8) is 0 Å². The second-order valence-electron chi connectivity index (χ2n) is 3.19. The minimum atomic E-state index is -4.27. The van der Waals surface area contributed by atoms with Gasteiger partial charge in [0, 0.05) is 16.0 Å². The Bertz CT molecular complexity index is 463. The Kier molecular flexibility index (Phi) is 3.04. The maximum Gasteiger partial charge on any atom is 0.416 e. The molecule has 1 aliphatic rings. The fourth-order valence-electron chi connectivity index (χ4n) is 1.29. The second-order valence-corrected chi connectivity index (χ2v) is 5.45. The lowest BCUT2D eigenvalue weighted by atomic mass is 10.3. The number of benzene rings is 1. The summed E-state index contributed by atoms with van der Waals surface area (Å²) in [5.74, 6) is 0. The number of thiol groups is 1. The minimum Gasteiger partial charge on any atom is -0.185 e. The van der Waals surface area contributed by atoms with Crippen molar-refractivity contribution in [3.8, 4) is 0 Å². The average molecular weight is 264 g/mol. The van der Waals surface area contributed by atoms with Crippen LogP contribution in [-0.4, -0.2) is 6.18 Å². The van der Waals surface area contributed by atoms with Gasteiger partial charge in [-0.2, -0.15) is 24.1 Å². The Labute approximate surface area is 98.8 Å². The zero-order valence-electron chi connectivity index (χ0n) is 7.92. The highest BCUT2D eigenvalue weighted by Gasteiger charge is 2.34. The molecule has 1 aliphatic heterocycles. The van der Waals surface area contributed by atoms with Gasteiger partial charge >= 0.3 is 6.18 Å². The molecule has 0 nitrogen and oxygen atoms in total. The molecular formula is C11H7ClF3S. The highest BCUT2D eigenvalue weighted by molar-refractivity contribution is 8.22. The van der Waals surface area contributed by atoms with E-state index in [1.807, 2.05) is 0 Å². The Morgan fingerprint density at radius 2 is 2.00 bits per heavy atom. The fourth-order valence-corrected chi connectivity index (χ4v) is 3.28. The normalized spacial score (nSPS) is 22.2. The van der Waals surface area contributed by atoms with Crippen LogP contribution in [0.4, 0.5) is 13.2 Å². The first kappa shape index (κ1) is 11.6. The maximum atomic E-state index is 12.4. The van der Waals surface area contributed by atoms with Crippen LogP contribution in [0.2, 0.25) is 5.02 Å². The van der Waals surface area contributed by atoms with Crippen LogP contribution < -0.4 is 0 Å². The number of hydrogen-bond acceptors (Lipinski definition) is 0. The third-order valence-electron chi connectivity index (χ3n) is 2.04. The molecule has 0 N–H and O–H groups in total. The van der Waals surface area contributed by atoms with E-state index in [4.69, 9.17) is 11.6 Å². The lowest BCUT2D eigenvalue weighted by Gasteiger charge is -2.10. The summed E-state index contributed by atoms with van der Waals surface area (Å²) >= 11 is 5.74. The molecule has 1 aromatic carbocycles. The van der Waals surface area contributed by atoms with Crippen LogP contribution >= 0.6 is 22.5 Å². The van der Waals surface area contributed by atoms with Gasteiger partial charge in [-0.15, -0.1) is 0 Å². The number of hydrogen-bond donors (Lipinski definition) is 1. The molecule has 0 fully saturated rings. The molecule has 0 saturated heterocycles. The van der Waals surface area contributed by atoms with Crippen LogP contribution in [0.5, 0.6) is 0 Å². The SMILES string of the molecule is FC(F)(F)C1=C[SH](c2[c]c(Cl)ccc2)C=C1. The van der Waals surface area contributed by atoms with Gasteiger partial charge in [0.2, 0.25) is 0 Å². The quantitative estimate of drug-likeness (QED) is 0.710. The summed E-state index contributed by atoms with van der Waals surface area (Å²) < 4.78 is 37.2. The summed E-state index contributed by atoms with van der Waals surface area (Å²) in [6.07, 6.45) is -3.16. The number of halogens is 4. The van der Waals surface area contributed by atoms with Crippen molar-refractivity contribution in [3.05, 3.63) is 51.8 Å². The van der Waals surface area contributed by atoms with Crippen LogP contribution in [0, 0.1) is 6.07 Å². The summed E-state index contributed by atoms with van der Waals surface area (Å²) in [6.45, 7) is 0. The molecular weight excluding hydrogens is 257 g/mol. The molecule has 5 heteroatoms. The van der Waals surface area contributed by atoms with Crippen LogP contribution in [0.25, 0.3) is 0 Å².